The van der Waals surface area contributed by atoms with Crippen LogP contribution in [0.25, 0.3) is 21.8 Å². The lowest BCUT2D eigenvalue weighted by Gasteiger charge is -2.20. The Kier molecular flexibility index (Phi) is 5.53. The number of nitrogens with one attached hydrogen (secondary N) is 2. The van der Waals surface area contributed by atoms with Gasteiger partial charge in [0.05, 0.1) is 16.6 Å². The van der Waals surface area contributed by atoms with Crippen LogP contribution >= 0.6 is 0 Å². The maximum atomic E-state index is 11.6. The van der Waals surface area contributed by atoms with E-state index in [0.717, 1.165) is 37.3 Å². The highest BCUT2D eigenvalue weighted by molar-refractivity contribution is 6.13. The molecule has 5 N–H and O–H groups in total. The number of pyridine rings is 1. The number of anilines is 2. The van der Waals surface area contributed by atoms with E-state index in [0.29, 0.717) is 22.1 Å². The summed E-state index contributed by atoms with van der Waals surface area (Å²) < 4.78 is 0. The van der Waals surface area contributed by atoms with Gasteiger partial charge in [-0.15, -0.1) is 0 Å². The molecular formula is C19H25N5O2. The van der Waals surface area contributed by atoms with Crippen molar-refractivity contribution in [3.8, 4) is 0 Å². The Morgan fingerprint density at radius 3 is 2.62 bits per heavy atom. The average molecular weight is 355 g/mol. The van der Waals surface area contributed by atoms with E-state index in [9.17, 15) is 10.4 Å². The minimum Gasteiger partial charge on any atom is -0.595 e. The van der Waals surface area contributed by atoms with E-state index in [-0.39, 0.29) is 5.69 Å². The van der Waals surface area contributed by atoms with Crippen molar-refractivity contribution in [1.82, 2.24) is 9.88 Å². The van der Waals surface area contributed by atoms with Crippen molar-refractivity contribution in [2.45, 2.75) is 13.8 Å². The second kappa shape index (κ2) is 7.84. The molecule has 2 aromatic carbocycles. The van der Waals surface area contributed by atoms with Crippen molar-refractivity contribution in [1.29, 1.82) is 0 Å². The number of aromatic nitrogens is 1. The molecule has 0 aliphatic rings. The third-order valence-electron chi connectivity index (χ3n) is 4.74. The van der Waals surface area contributed by atoms with Crippen LogP contribution in [0, 0.1) is 5.21 Å². The fourth-order valence-electron chi connectivity index (χ4n) is 3.24. The van der Waals surface area contributed by atoms with Crippen LogP contribution in [0.5, 0.6) is 0 Å². The second-order valence-electron chi connectivity index (χ2n) is 6.19. The molecule has 1 heterocycles. The van der Waals surface area contributed by atoms with Gasteiger partial charge in [0.15, 0.2) is 5.69 Å². The number of quaternary nitrogens is 1. The second-order valence-corrected chi connectivity index (χ2v) is 6.19. The predicted molar refractivity (Wildman–Crippen MR) is 106 cm³/mol. The molecule has 3 rings (SSSR count). The van der Waals surface area contributed by atoms with E-state index in [1.165, 1.54) is 0 Å². The quantitative estimate of drug-likeness (QED) is 0.382. The highest BCUT2D eigenvalue weighted by Crippen LogP contribution is 2.36. The summed E-state index contributed by atoms with van der Waals surface area (Å²) in [6.45, 7) is 7.89. The van der Waals surface area contributed by atoms with Crippen molar-refractivity contribution >= 4 is 38.9 Å². The monoisotopic (exact) mass is 355 g/mol. The fraction of sp³-hybridized carbons (Fsp3) is 0.316. The molecule has 0 radical (unpaired) electrons. The maximum absolute atomic E-state index is 11.6. The first-order chi connectivity index (χ1) is 12.6. The van der Waals surface area contributed by atoms with E-state index in [4.69, 9.17) is 5.73 Å². The van der Waals surface area contributed by atoms with Gasteiger partial charge < -0.3 is 21.2 Å². The van der Waals surface area contributed by atoms with Crippen LogP contribution in [0.15, 0.2) is 36.4 Å². The Morgan fingerprint density at radius 1 is 1.19 bits per heavy atom. The molecule has 0 aliphatic heterocycles. The summed E-state index contributed by atoms with van der Waals surface area (Å²) in [5.41, 5.74) is 9.06. The minimum absolute atomic E-state index is 0.159. The van der Waals surface area contributed by atoms with E-state index >= 15 is 0 Å². The first-order valence-electron chi connectivity index (χ1n) is 8.87. The normalized spacial score (nSPS) is 12.8. The van der Waals surface area contributed by atoms with Gasteiger partial charge in [-0.3, -0.25) is 0 Å². The Morgan fingerprint density at radius 2 is 1.92 bits per heavy atom. The van der Waals surface area contributed by atoms with E-state index < -0.39 is 5.23 Å². The van der Waals surface area contributed by atoms with Gasteiger partial charge in [-0.05, 0) is 25.2 Å². The SMILES string of the molecule is CCN(CC)CCNc1ccc([NH+]([O-])O)c2nc3ccccc3c(N)c12. The van der Waals surface area contributed by atoms with Crippen LogP contribution in [0.2, 0.25) is 0 Å². The molecule has 0 aliphatic carbocycles. The zero-order valence-electron chi connectivity index (χ0n) is 15.1. The summed E-state index contributed by atoms with van der Waals surface area (Å²) in [6.07, 6.45) is 0. The number of fused-ring (bicyclic) bond motifs is 2. The highest BCUT2D eigenvalue weighted by atomic mass is 16.8. The molecular weight excluding hydrogens is 330 g/mol. The van der Waals surface area contributed by atoms with Gasteiger partial charge in [0.25, 0.3) is 0 Å². The number of hydrogen-bond acceptors (Lipinski definition) is 6. The number of nitrogens with zero attached hydrogens (tertiary/aromatic N) is 2. The Hall–Kier alpha value is -2.45. The van der Waals surface area contributed by atoms with E-state index in [1.807, 2.05) is 24.3 Å². The first kappa shape index (κ1) is 18.3. The van der Waals surface area contributed by atoms with Crippen LogP contribution in [0.4, 0.5) is 17.1 Å². The number of hydrogen-bond donors (Lipinski definition) is 4. The number of nitrogens with two attached hydrogens (primary N) is 1. The van der Waals surface area contributed by atoms with Crippen molar-refractivity contribution in [2.24, 2.45) is 0 Å². The summed E-state index contributed by atoms with van der Waals surface area (Å²) >= 11 is 0. The number of benzene rings is 2. The summed E-state index contributed by atoms with van der Waals surface area (Å²) in [6, 6.07) is 10.9. The smallest absolute Gasteiger partial charge is 0.190 e. The van der Waals surface area contributed by atoms with Crippen LogP contribution < -0.4 is 16.3 Å². The largest absolute Gasteiger partial charge is 0.595 e. The predicted octanol–water partition coefficient (Wildman–Crippen LogP) is 2.13. The van der Waals surface area contributed by atoms with E-state index in [2.05, 4.69) is 29.0 Å². The van der Waals surface area contributed by atoms with E-state index in [1.54, 1.807) is 12.1 Å². The number of para-hydroxylation sites is 1. The fourth-order valence-corrected chi connectivity index (χ4v) is 3.24. The first-order valence-corrected chi connectivity index (χ1v) is 8.87. The molecule has 0 amide bonds. The molecule has 7 nitrogen and oxygen atoms in total. The average Bonchev–Trinajstić information content (AvgIpc) is 2.65. The van der Waals surface area contributed by atoms with Crippen molar-refractivity contribution in [2.75, 3.05) is 37.2 Å². The van der Waals surface area contributed by atoms with Gasteiger partial charge in [-0.25, -0.2) is 10.2 Å². The van der Waals surface area contributed by atoms with Crippen molar-refractivity contribution in [3.05, 3.63) is 41.6 Å². The molecule has 1 atom stereocenters. The molecule has 0 saturated carbocycles. The standard InChI is InChI=1S/C19H25N5O2/c1-3-23(4-2)12-11-21-15-9-10-16(24(25)26)19-17(15)18(20)13-7-5-6-8-14(13)22-19/h5-10,21,24-25H,3-4,11-12H2,1-2H3,(H2,20,22). The zero-order chi connectivity index (χ0) is 18.7. The molecule has 138 valence electrons. The van der Waals surface area contributed by atoms with Gasteiger partial charge in [0.1, 0.15) is 5.52 Å². The van der Waals surface area contributed by atoms with Crippen molar-refractivity contribution < 1.29 is 10.4 Å². The topological polar surface area (TPSA) is 102 Å². The van der Waals surface area contributed by atoms with Gasteiger partial charge >= 0.3 is 0 Å². The maximum Gasteiger partial charge on any atom is 0.190 e. The van der Waals surface area contributed by atoms with Gasteiger partial charge in [0.2, 0.25) is 0 Å². The Bertz CT molecular complexity index is 909. The summed E-state index contributed by atoms with van der Waals surface area (Å²) in [4.78, 5) is 6.90. The third-order valence-corrected chi connectivity index (χ3v) is 4.74. The van der Waals surface area contributed by atoms with Gasteiger partial charge in [0, 0.05) is 30.2 Å². The Balaban J connectivity index is 2.09. The molecule has 1 unspecified atom stereocenters. The molecule has 26 heavy (non-hydrogen) atoms. The minimum atomic E-state index is -1.01. The lowest BCUT2D eigenvalue weighted by molar-refractivity contribution is -0.990. The molecule has 1 aromatic heterocycles. The summed E-state index contributed by atoms with van der Waals surface area (Å²) in [7, 11) is 0. The van der Waals surface area contributed by atoms with Gasteiger partial charge in [-0.1, -0.05) is 32.0 Å². The van der Waals surface area contributed by atoms with Crippen LogP contribution in [-0.4, -0.2) is 41.3 Å². The highest BCUT2D eigenvalue weighted by Gasteiger charge is 2.17. The third kappa shape index (κ3) is 3.42. The lowest BCUT2D eigenvalue weighted by Crippen LogP contribution is -2.99. The van der Waals surface area contributed by atoms with Crippen LogP contribution in [-0.2, 0) is 0 Å². The molecule has 0 bridgehead atoms. The number of likely N-dealkylation sites (N-methyl/N-ethyl adjacent to an activating group) is 1. The number of nitrogen functional groups attached to an aromatic ring is 1. The van der Waals surface area contributed by atoms with Crippen LogP contribution in [0.1, 0.15) is 13.8 Å². The Labute approximate surface area is 152 Å². The van der Waals surface area contributed by atoms with Crippen molar-refractivity contribution in [3.63, 3.8) is 0 Å². The molecule has 0 saturated heterocycles. The molecule has 0 fully saturated rings. The molecule has 0 spiro atoms. The van der Waals surface area contributed by atoms with Crippen LogP contribution in [0.3, 0.4) is 0 Å². The lowest BCUT2D eigenvalue weighted by atomic mass is 10.1. The van der Waals surface area contributed by atoms with Gasteiger partial charge in [-0.2, -0.15) is 5.23 Å². The molecule has 3 aromatic rings. The summed E-state index contributed by atoms with van der Waals surface area (Å²) in [5, 5.41) is 25.1. The summed E-state index contributed by atoms with van der Waals surface area (Å²) in [5.74, 6) is 0. The molecule has 7 heteroatoms. The zero-order valence-corrected chi connectivity index (χ0v) is 15.1. The number of rotatable bonds is 7.